The molecule has 2 aliphatic rings. The van der Waals surface area contributed by atoms with Gasteiger partial charge in [0.1, 0.15) is 11.6 Å². The lowest BCUT2D eigenvalue weighted by molar-refractivity contribution is 0.0710. The lowest BCUT2D eigenvalue weighted by Crippen LogP contribution is -2.39. The number of nitrogens with one attached hydrogen (secondary N) is 1. The van der Waals surface area contributed by atoms with Crippen LogP contribution in [-0.4, -0.2) is 45.2 Å². The Balaban J connectivity index is 1.44. The summed E-state index contributed by atoms with van der Waals surface area (Å²) >= 11 is 12.0. The second-order valence-electron chi connectivity index (χ2n) is 6.53. The molecule has 0 spiro atoms. The van der Waals surface area contributed by atoms with Gasteiger partial charge in [-0.3, -0.25) is 4.79 Å². The summed E-state index contributed by atoms with van der Waals surface area (Å²) in [5, 5.41) is 13.0. The normalized spacial score (nSPS) is 18.2. The summed E-state index contributed by atoms with van der Waals surface area (Å²) in [6, 6.07) is 4.98. The molecular weight excluding hydrogens is 361 g/mol. The molecule has 2 aromatic rings. The van der Waals surface area contributed by atoms with Gasteiger partial charge in [0.15, 0.2) is 0 Å². The average molecular weight is 380 g/mol. The Kier molecular flexibility index (Phi) is 4.67. The number of carbonyl (C=O) groups is 1. The van der Waals surface area contributed by atoms with Gasteiger partial charge in [0.05, 0.1) is 6.54 Å². The van der Waals surface area contributed by atoms with Crippen molar-refractivity contribution in [1.82, 2.24) is 25.0 Å². The number of likely N-dealkylation sites (tertiary alicyclic amines) is 1. The Bertz CT molecular complexity index is 778. The predicted molar refractivity (Wildman–Crippen MR) is 96.1 cm³/mol. The molecule has 0 bridgehead atoms. The van der Waals surface area contributed by atoms with Crippen molar-refractivity contribution in [2.45, 2.75) is 31.8 Å². The van der Waals surface area contributed by atoms with Crippen LogP contribution in [0.5, 0.6) is 0 Å². The molecule has 0 saturated carbocycles. The molecule has 25 heavy (non-hydrogen) atoms. The molecule has 0 unspecified atom stereocenters. The number of carbonyl (C=O) groups excluding carboxylic acids is 1. The van der Waals surface area contributed by atoms with E-state index in [9.17, 15) is 4.79 Å². The first-order chi connectivity index (χ1) is 12.1. The van der Waals surface area contributed by atoms with Crippen LogP contribution >= 0.6 is 23.2 Å². The van der Waals surface area contributed by atoms with E-state index in [1.54, 1.807) is 18.2 Å². The quantitative estimate of drug-likeness (QED) is 0.870. The zero-order valence-corrected chi connectivity index (χ0v) is 15.2. The van der Waals surface area contributed by atoms with E-state index in [0.717, 1.165) is 44.1 Å². The number of fused-ring (bicyclic) bond motifs is 1. The van der Waals surface area contributed by atoms with Gasteiger partial charge in [-0.15, -0.1) is 10.2 Å². The maximum atomic E-state index is 12.7. The van der Waals surface area contributed by atoms with Crippen LogP contribution in [0, 0.1) is 0 Å². The largest absolute Gasteiger partial charge is 0.339 e. The smallest absolute Gasteiger partial charge is 0.253 e. The molecule has 0 radical (unpaired) electrons. The highest BCUT2D eigenvalue weighted by Crippen LogP contribution is 2.29. The molecule has 1 amide bonds. The Morgan fingerprint density at radius 3 is 2.52 bits per heavy atom. The lowest BCUT2D eigenvalue weighted by Gasteiger charge is -2.32. The fourth-order valence-corrected chi connectivity index (χ4v) is 4.14. The average Bonchev–Trinajstić information content (AvgIpc) is 3.04. The van der Waals surface area contributed by atoms with Crippen molar-refractivity contribution in [2.24, 2.45) is 0 Å². The summed E-state index contributed by atoms with van der Waals surface area (Å²) in [7, 11) is 0. The number of aromatic nitrogens is 3. The summed E-state index contributed by atoms with van der Waals surface area (Å²) in [5.74, 6) is 2.41. The maximum absolute atomic E-state index is 12.7. The fraction of sp³-hybridized carbons (Fsp3) is 0.471. The van der Waals surface area contributed by atoms with Crippen molar-refractivity contribution in [3.63, 3.8) is 0 Å². The third-order valence-corrected chi connectivity index (χ3v) is 5.34. The Morgan fingerprint density at radius 1 is 1.08 bits per heavy atom. The predicted octanol–water partition coefficient (Wildman–Crippen LogP) is 2.71. The third kappa shape index (κ3) is 3.38. The Hall–Kier alpha value is -1.63. The van der Waals surface area contributed by atoms with E-state index in [0.29, 0.717) is 34.6 Å². The molecule has 1 saturated heterocycles. The minimum absolute atomic E-state index is 0.0182. The molecule has 1 aromatic heterocycles. The molecule has 0 aliphatic carbocycles. The number of piperidine rings is 1. The number of amides is 1. The minimum atomic E-state index is -0.0182. The number of halogens is 2. The first kappa shape index (κ1) is 16.8. The topological polar surface area (TPSA) is 63.1 Å². The standard InChI is InChI=1S/C17H19Cl2N5O/c18-13-7-12(8-14(19)9-13)17(25)23-4-1-11(2-5-23)16-22-21-15-10-20-3-6-24(15)16/h7-9,11,20H,1-6,10H2. The highest BCUT2D eigenvalue weighted by Gasteiger charge is 2.29. The molecular formula is C17H19Cl2N5O. The summed E-state index contributed by atoms with van der Waals surface area (Å²) in [4.78, 5) is 14.6. The zero-order chi connectivity index (χ0) is 17.4. The van der Waals surface area contributed by atoms with Crippen LogP contribution in [0.1, 0.15) is 40.8 Å². The first-order valence-electron chi connectivity index (χ1n) is 8.50. The molecule has 132 valence electrons. The van der Waals surface area contributed by atoms with E-state index in [4.69, 9.17) is 23.2 Å². The SMILES string of the molecule is O=C(c1cc(Cl)cc(Cl)c1)N1CCC(c2nnc3n2CCNC3)CC1. The second-order valence-corrected chi connectivity index (χ2v) is 7.40. The van der Waals surface area contributed by atoms with Gasteiger partial charge in [-0.25, -0.2) is 0 Å². The second kappa shape index (κ2) is 6.94. The van der Waals surface area contributed by atoms with Crippen LogP contribution in [0.25, 0.3) is 0 Å². The van der Waals surface area contributed by atoms with Crippen LogP contribution in [0.2, 0.25) is 10.0 Å². The van der Waals surface area contributed by atoms with E-state index in [1.165, 1.54) is 0 Å². The van der Waals surface area contributed by atoms with Gasteiger partial charge >= 0.3 is 0 Å². The van der Waals surface area contributed by atoms with Crippen molar-refractivity contribution in [3.8, 4) is 0 Å². The van der Waals surface area contributed by atoms with Gasteiger partial charge < -0.3 is 14.8 Å². The summed E-state index contributed by atoms with van der Waals surface area (Å²) in [6.45, 7) is 4.05. The minimum Gasteiger partial charge on any atom is -0.339 e. The van der Waals surface area contributed by atoms with Gasteiger partial charge in [-0.1, -0.05) is 23.2 Å². The van der Waals surface area contributed by atoms with Gasteiger partial charge in [0.25, 0.3) is 5.91 Å². The van der Waals surface area contributed by atoms with Crippen molar-refractivity contribution in [3.05, 3.63) is 45.5 Å². The van der Waals surface area contributed by atoms with Crippen LogP contribution in [0.15, 0.2) is 18.2 Å². The molecule has 8 heteroatoms. The zero-order valence-electron chi connectivity index (χ0n) is 13.7. The van der Waals surface area contributed by atoms with E-state index in [-0.39, 0.29) is 5.91 Å². The molecule has 1 N–H and O–H groups in total. The van der Waals surface area contributed by atoms with Crippen LogP contribution in [-0.2, 0) is 13.1 Å². The van der Waals surface area contributed by atoms with Gasteiger partial charge in [0.2, 0.25) is 0 Å². The number of hydrogen-bond donors (Lipinski definition) is 1. The maximum Gasteiger partial charge on any atom is 0.253 e. The van der Waals surface area contributed by atoms with Crippen LogP contribution in [0.4, 0.5) is 0 Å². The highest BCUT2D eigenvalue weighted by molar-refractivity contribution is 6.35. The fourth-order valence-electron chi connectivity index (χ4n) is 3.62. The first-order valence-corrected chi connectivity index (χ1v) is 9.25. The summed E-state index contributed by atoms with van der Waals surface area (Å²) < 4.78 is 2.23. The van der Waals surface area contributed by atoms with Crippen molar-refractivity contribution in [2.75, 3.05) is 19.6 Å². The summed E-state index contributed by atoms with van der Waals surface area (Å²) in [6.07, 6.45) is 1.79. The van der Waals surface area contributed by atoms with Gasteiger partial charge in [-0.05, 0) is 31.0 Å². The number of hydrogen-bond acceptors (Lipinski definition) is 4. The Morgan fingerprint density at radius 2 is 1.80 bits per heavy atom. The van der Waals surface area contributed by atoms with Crippen molar-refractivity contribution in [1.29, 1.82) is 0 Å². The number of nitrogens with zero attached hydrogens (tertiary/aromatic N) is 4. The van der Waals surface area contributed by atoms with Crippen LogP contribution < -0.4 is 5.32 Å². The van der Waals surface area contributed by atoms with Gasteiger partial charge in [0, 0.05) is 47.7 Å². The molecule has 4 rings (SSSR count). The lowest BCUT2D eigenvalue weighted by atomic mass is 9.95. The van der Waals surface area contributed by atoms with Crippen LogP contribution in [0.3, 0.4) is 0 Å². The Labute approximate surface area is 156 Å². The molecule has 3 heterocycles. The number of rotatable bonds is 2. The van der Waals surface area contributed by atoms with Crippen molar-refractivity contribution < 1.29 is 4.79 Å². The molecule has 2 aliphatic heterocycles. The van der Waals surface area contributed by atoms with E-state index in [1.807, 2.05) is 4.90 Å². The van der Waals surface area contributed by atoms with E-state index in [2.05, 4.69) is 20.1 Å². The van der Waals surface area contributed by atoms with E-state index >= 15 is 0 Å². The molecule has 0 atom stereocenters. The number of benzene rings is 1. The monoisotopic (exact) mass is 379 g/mol. The van der Waals surface area contributed by atoms with Crippen molar-refractivity contribution >= 4 is 29.1 Å². The summed E-state index contributed by atoms with van der Waals surface area (Å²) in [5.41, 5.74) is 0.543. The molecule has 1 aromatic carbocycles. The van der Waals surface area contributed by atoms with E-state index < -0.39 is 0 Å². The molecule has 1 fully saturated rings. The highest BCUT2D eigenvalue weighted by atomic mass is 35.5. The van der Waals surface area contributed by atoms with Gasteiger partial charge in [-0.2, -0.15) is 0 Å². The molecule has 6 nitrogen and oxygen atoms in total. The third-order valence-electron chi connectivity index (χ3n) is 4.91.